The molecule has 0 fully saturated rings. The van der Waals surface area contributed by atoms with Crippen molar-refractivity contribution in [3.63, 3.8) is 0 Å². The lowest BCUT2D eigenvalue weighted by molar-refractivity contribution is 0.661. The van der Waals surface area contributed by atoms with Gasteiger partial charge in [-0.1, -0.05) is 111 Å². The van der Waals surface area contributed by atoms with Crippen LogP contribution in [0.2, 0.25) is 0 Å². The van der Waals surface area contributed by atoms with Gasteiger partial charge in [0.15, 0.2) is 0 Å². The predicted octanol–water partition coefficient (Wildman–Crippen LogP) is 9.94. The highest BCUT2D eigenvalue weighted by Crippen LogP contribution is 2.51. The van der Waals surface area contributed by atoms with Crippen molar-refractivity contribution in [2.75, 3.05) is 0 Å². The second kappa shape index (κ2) is 7.67. The SMILES string of the molecule is Cc1c2ccccc2c(-c2cccc(-c3ccccc3)c2)c2cc3c(cc12)-c1ccccc1C3(C)C. The van der Waals surface area contributed by atoms with Crippen molar-refractivity contribution in [2.45, 2.75) is 26.2 Å². The molecule has 0 radical (unpaired) electrons. The average molecular weight is 461 g/mol. The molecule has 0 saturated heterocycles. The van der Waals surface area contributed by atoms with Crippen LogP contribution in [-0.4, -0.2) is 0 Å². The fourth-order valence-corrected chi connectivity index (χ4v) is 6.38. The minimum absolute atomic E-state index is 0.0250. The summed E-state index contributed by atoms with van der Waals surface area (Å²) < 4.78 is 0. The Bertz CT molecular complexity index is 1800. The summed E-state index contributed by atoms with van der Waals surface area (Å²) in [7, 11) is 0. The van der Waals surface area contributed by atoms with Crippen molar-refractivity contribution in [3.05, 3.63) is 132 Å². The van der Waals surface area contributed by atoms with Crippen LogP contribution in [0, 0.1) is 6.92 Å². The molecule has 172 valence electrons. The second-order valence-electron chi connectivity index (χ2n) is 10.6. The van der Waals surface area contributed by atoms with Crippen LogP contribution in [0.25, 0.3) is 54.9 Å². The molecule has 0 saturated carbocycles. The Morgan fingerprint density at radius 2 is 1.11 bits per heavy atom. The van der Waals surface area contributed by atoms with E-state index in [2.05, 4.69) is 136 Å². The Kier molecular flexibility index (Phi) is 4.51. The van der Waals surface area contributed by atoms with Crippen molar-refractivity contribution in [3.8, 4) is 33.4 Å². The number of hydrogen-bond donors (Lipinski definition) is 0. The average Bonchev–Trinajstić information content (AvgIpc) is 3.15. The van der Waals surface area contributed by atoms with E-state index in [-0.39, 0.29) is 5.41 Å². The largest absolute Gasteiger partial charge is 0.0622 e. The van der Waals surface area contributed by atoms with E-state index >= 15 is 0 Å². The maximum absolute atomic E-state index is 2.49. The topological polar surface area (TPSA) is 0 Å². The first-order valence-electron chi connectivity index (χ1n) is 12.8. The minimum Gasteiger partial charge on any atom is -0.0622 e. The molecule has 0 N–H and O–H groups in total. The molecule has 0 aliphatic heterocycles. The second-order valence-corrected chi connectivity index (χ2v) is 10.6. The van der Waals surface area contributed by atoms with Crippen LogP contribution < -0.4 is 0 Å². The first kappa shape index (κ1) is 21.1. The summed E-state index contributed by atoms with van der Waals surface area (Å²) in [6.07, 6.45) is 0. The first-order valence-corrected chi connectivity index (χ1v) is 12.8. The summed E-state index contributed by atoms with van der Waals surface area (Å²) >= 11 is 0. The number of aryl methyl sites for hydroxylation is 1. The van der Waals surface area contributed by atoms with Crippen LogP contribution in [0.5, 0.6) is 0 Å². The van der Waals surface area contributed by atoms with Crippen LogP contribution in [0.3, 0.4) is 0 Å². The zero-order chi connectivity index (χ0) is 24.4. The van der Waals surface area contributed by atoms with Gasteiger partial charge in [-0.3, -0.25) is 0 Å². The fourth-order valence-electron chi connectivity index (χ4n) is 6.38. The van der Waals surface area contributed by atoms with Crippen LogP contribution in [0.1, 0.15) is 30.5 Å². The third kappa shape index (κ3) is 2.94. The molecule has 6 aromatic carbocycles. The summed E-state index contributed by atoms with van der Waals surface area (Å²) in [6.45, 7) is 7.02. The van der Waals surface area contributed by atoms with E-state index in [1.54, 1.807) is 0 Å². The van der Waals surface area contributed by atoms with Gasteiger partial charge in [-0.2, -0.15) is 0 Å². The van der Waals surface area contributed by atoms with Gasteiger partial charge in [0.05, 0.1) is 0 Å². The molecule has 0 bridgehead atoms. The lowest BCUT2D eigenvalue weighted by Crippen LogP contribution is -2.14. The molecule has 6 aromatic rings. The lowest BCUT2D eigenvalue weighted by atomic mass is 9.80. The molecule has 0 spiro atoms. The monoisotopic (exact) mass is 460 g/mol. The quantitative estimate of drug-likeness (QED) is 0.226. The van der Waals surface area contributed by atoms with E-state index in [9.17, 15) is 0 Å². The first-order chi connectivity index (χ1) is 17.5. The van der Waals surface area contributed by atoms with Crippen molar-refractivity contribution in [1.82, 2.24) is 0 Å². The highest BCUT2D eigenvalue weighted by atomic mass is 14.4. The number of benzene rings is 6. The zero-order valence-corrected chi connectivity index (χ0v) is 21.0. The zero-order valence-electron chi connectivity index (χ0n) is 21.0. The fraction of sp³-hybridized carbons (Fsp3) is 0.111. The van der Waals surface area contributed by atoms with Crippen LogP contribution in [-0.2, 0) is 5.41 Å². The molecule has 0 amide bonds. The van der Waals surface area contributed by atoms with Gasteiger partial charge >= 0.3 is 0 Å². The smallest absolute Gasteiger partial charge is 0.0159 e. The van der Waals surface area contributed by atoms with E-state index in [4.69, 9.17) is 0 Å². The molecule has 1 aliphatic carbocycles. The summed E-state index contributed by atoms with van der Waals surface area (Å²) in [4.78, 5) is 0. The third-order valence-corrected chi connectivity index (χ3v) is 8.25. The van der Waals surface area contributed by atoms with E-state index in [1.165, 1.54) is 71.6 Å². The summed E-state index contributed by atoms with van der Waals surface area (Å²) in [6, 6.07) is 42.5. The molecule has 1 aliphatic rings. The van der Waals surface area contributed by atoms with Crippen LogP contribution >= 0.6 is 0 Å². The molecule has 36 heavy (non-hydrogen) atoms. The number of fused-ring (bicyclic) bond motifs is 5. The lowest BCUT2D eigenvalue weighted by Gasteiger charge is -2.23. The van der Waals surface area contributed by atoms with Gasteiger partial charge in [-0.15, -0.1) is 0 Å². The molecular formula is C36H28. The molecule has 0 nitrogen and oxygen atoms in total. The van der Waals surface area contributed by atoms with Gasteiger partial charge < -0.3 is 0 Å². The van der Waals surface area contributed by atoms with Gasteiger partial charge in [0.1, 0.15) is 0 Å². The number of rotatable bonds is 2. The molecule has 0 unspecified atom stereocenters. The van der Waals surface area contributed by atoms with Crippen molar-refractivity contribution in [1.29, 1.82) is 0 Å². The highest BCUT2D eigenvalue weighted by Gasteiger charge is 2.35. The molecule has 0 heteroatoms. The normalized spacial score (nSPS) is 13.6. The van der Waals surface area contributed by atoms with E-state index < -0.39 is 0 Å². The Morgan fingerprint density at radius 3 is 1.94 bits per heavy atom. The predicted molar refractivity (Wildman–Crippen MR) is 155 cm³/mol. The van der Waals surface area contributed by atoms with E-state index in [1.807, 2.05) is 0 Å². The van der Waals surface area contributed by atoms with Gasteiger partial charge in [-0.05, 0) is 96.7 Å². The Labute approximate surface area is 212 Å². The molecular weight excluding hydrogens is 432 g/mol. The van der Waals surface area contributed by atoms with E-state index in [0.29, 0.717) is 0 Å². The minimum atomic E-state index is -0.0250. The van der Waals surface area contributed by atoms with Gasteiger partial charge in [0.2, 0.25) is 0 Å². The van der Waals surface area contributed by atoms with E-state index in [0.717, 1.165) is 0 Å². The Balaban J connectivity index is 1.59. The number of hydrogen-bond acceptors (Lipinski definition) is 0. The van der Waals surface area contributed by atoms with Gasteiger partial charge in [-0.25, -0.2) is 0 Å². The molecule has 7 rings (SSSR count). The Morgan fingerprint density at radius 1 is 0.444 bits per heavy atom. The standard InChI is InChI=1S/C36H28/c1-23-27-16-7-8-18-29(27)35(26-15-11-14-25(20-26)24-12-5-4-6-13-24)32-22-34-31(21-30(23)32)28-17-9-10-19-33(28)36(34,2)3/h4-22H,1-3H3. The summed E-state index contributed by atoms with van der Waals surface area (Å²) in [5.41, 5.74) is 12.0. The van der Waals surface area contributed by atoms with Crippen LogP contribution in [0.4, 0.5) is 0 Å². The molecule has 0 heterocycles. The van der Waals surface area contributed by atoms with Crippen molar-refractivity contribution < 1.29 is 0 Å². The van der Waals surface area contributed by atoms with Crippen molar-refractivity contribution in [2.24, 2.45) is 0 Å². The Hall–Kier alpha value is -4.16. The third-order valence-electron chi connectivity index (χ3n) is 8.25. The maximum atomic E-state index is 2.49. The van der Waals surface area contributed by atoms with Gasteiger partial charge in [0, 0.05) is 5.41 Å². The summed E-state index contributed by atoms with van der Waals surface area (Å²) in [5.74, 6) is 0. The molecule has 0 atom stereocenters. The van der Waals surface area contributed by atoms with Crippen molar-refractivity contribution >= 4 is 21.5 Å². The maximum Gasteiger partial charge on any atom is 0.0159 e. The molecule has 0 aromatic heterocycles. The highest BCUT2D eigenvalue weighted by molar-refractivity contribution is 6.16. The van der Waals surface area contributed by atoms with Crippen LogP contribution in [0.15, 0.2) is 115 Å². The van der Waals surface area contributed by atoms with Gasteiger partial charge in [0.25, 0.3) is 0 Å². The summed E-state index contributed by atoms with van der Waals surface area (Å²) in [5, 5.41) is 5.34.